The van der Waals surface area contributed by atoms with E-state index in [2.05, 4.69) is 10.3 Å². The van der Waals surface area contributed by atoms with E-state index in [1.165, 1.54) is 28.4 Å². The molecule has 1 aromatic heterocycles. The number of halogens is 1. The van der Waals surface area contributed by atoms with Crippen LogP contribution in [-0.2, 0) is 9.59 Å². The Bertz CT molecular complexity index is 746. The van der Waals surface area contributed by atoms with Crippen molar-refractivity contribution in [3.05, 3.63) is 35.5 Å². The van der Waals surface area contributed by atoms with E-state index in [0.717, 1.165) is 12.0 Å². The number of anilines is 1. The molecule has 1 heterocycles. The molecule has 8 heteroatoms. The largest absolute Gasteiger partial charge is 0.348 e. The standard InChI is InChI=1S/C18H23FN4O2S/c1-4-9-23(11-17(25)22(2)3)10-16(24)21-18-20-15(12-26-18)13-5-7-14(19)8-6-13/h5-8,12H,4,9-11H2,1-3H3,(H,20,21,24). The highest BCUT2D eigenvalue weighted by Crippen LogP contribution is 2.24. The van der Waals surface area contributed by atoms with Gasteiger partial charge in [0.2, 0.25) is 11.8 Å². The van der Waals surface area contributed by atoms with Crippen molar-refractivity contribution in [2.24, 2.45) is 0 Å². The maximum atomic E-state index is 13.0. The number of hydrogen-bond donors (Lipinski definition) is 1. The van der Waals surface area contributed by atoms with Gasteiger partial charge in [-0.25, -0.2) is 9.37 Å². The smallest absolute Gasteiger partial charge is 0.240 e. The van der Waals surface area contributed by atoms with Crippen molar-refractivity contribution < 1.29 is 14.0 Å². The molecule has 0 saturated heterocycles. The van der Waals surface area contributed by atoms with Gasteiger partial charge < -0.3 is 10.2 Å². The van der Waals surface area contributed by atoms with Gasteiger partial charge in [-0.15, -0.1) is 11.3 Å². The lowest BCUT2D eigenvalue weighted by atomic mass is 10.2. The summed E-state index contributed by atoms with van der Waals surface area (Å²) >= 11 is 1.31. The Morgan fingerprint density at radius 2 is 1.88 bits per heavy atom. The van der Waals surface area contributed by atoms with Crippen molar-refractivity contribution >= 4 is 28.3 Å². The fourth-order valence-corrected chi connectivity index (χ4v) is 3.05. The van der Waals surface area contributed by atoms with Crippen LogP contribution in [0.4, 0.5) is 9.52 Å². The summed E-state index contributed by atoms with van der Waals surface area (Å²) in [5.74, 6) is -0.565. The number of hydrogen-bond acceptors (Lipinski definition) is 5. The number of aromatic nitrogens is 1. The molecule has 0 bridgehead atoms. The van der Waals surface area contributed by atoms with Gasteiger partial charge in [0.1, 0.15) is 5.82 Å². The number of nitrogens with zero attached hydrogens (tertiary/aromatic N) is 3. The van der Waals surface area contributed by atoms with Crippen molar-refractivity contribution in [2.75, 3.05) is 39.0 Å². The Balaban J connectivity index is 1.96. The number of carbonyl (C=O) groups is 2. The summed E-state index contributed by atoms with van der Waals surface area (Å²) in [6.45, 7) is 2.98. The van der Waals surface area contributed by atoms with Crippen LogP contribution in [0.1, 0.15) is 13.3 Å². The number of benzene rings is 1. The summed E-state index contributed by atoms with van der Waals surface area (Å²) in [5, 5.41) is 5.05. The number of amides is 2. The topological polar surface area (TPSA) is 65.5 Å². The zero-order valence-electron chi connectivity index (χ0n) is 15.2. The summed E-state index contributed by atoms with van der Waals surface area (Å²) in [7, 11) is 3.39. The first kappa shape index (κ1) is 20.0. The second-order valence-corrected chi connectivity index (χ2v) is 6.95. The zero-order valence-corrected chi connectivity index (χ0v) is 16.0. The number of rotatable bonds is 8. The zero-order chi connectivity index (χ0) is 19.1. The first-order valence-corrected chi connectivity index (χ1v) is 9.20. The van der Waals surface area contributed by atoms with Crippen LogP contribution < -0.4 is 5.32 Å². The van der Waals surface area contributed by atoms with E-state index in [9.17, 15) is 14.0 Å². The van der Waals surface area contributed by atoms with E-state index < -0.39 is 0 Å². The Morgan fingerprint density at radius 1 is 1.19 bits per heavy atom. The van der Waals surface area contributed by atoms with Crippen molar-refractivity contribution in [1.29, 1.82) is 0 Å². The molecular weight excluding hydrogens is 355 g/mol. The SMILES string of the molecule is CCCN(CC(=O)Nc1nc(-c2ccc(F)cc2)cs1)CC(=O)N(C)C. The molecule has 140 valence electrons. The van der Waals surface area contributed by atoms with Gasteiger partial charge in [0.05, 0.1) is 18.8 Å². The fraction of sp³-hybridized carbons (Fsp3) is 0.389. The third-order valence-electron chi connectivity index (χ3n) is 3.66. The summed E-state index contributed by atoms with van der Waals surface area (Å²) in [6.07, 6.45) is 0.847. The van der Waals surface area contributed by atoms with Crippen molar-refractivity contribution in [2.45, 2.75) is 13.3 Å². The highest BCUT2D eigenvalue weighted by Gasteiger charge is 2.16. The molecule has 0 spiro atoms. The van der Waals surface area contributed by atoms with E-state index in [1.54, 1.807) is 26.2 Å². The lowest BCUT2D eigenvalue weighted by Gasteiger charge is -2.22. The summed E-state index contributed by atoms with van der Waals surface area (Å²) in [6, 6.07) is 6.03. The van der Waals surface area contributed by atoms with Crippen LogP contribution in [0.15, 0.2) is 29.6 Å². The van der Waals surface area contributed by atoms with Gasteiger partial charge in [0.15, 0.2) is 5.13 Å². The minimum atomic E-state index is -0.305. The highest BCUT2D eigenvalue weighted by atomic mass is 32.1. The number of thiazole rings is 1. The summed E-state index contributed by atoms with van der Waals surface area (Å²) < 4.78 is 13.0. The predicted octanol–water partition coefficient (Wildman–Crippen LogP) is 2.69. The molecule has 0 aliphatic heterocycles. The Labute approximate surface area is 156 Å². The fourth-order valence-electron chi connectivity index (χ4n) is 2.31. The van der Waals surface area contributed by atoms with Gasteiger partial charge in [0.25, 0.3) is 0 Å². The summed E-state index contributed by atoms with van der Waals surface area (Å²) in [5.41, 5.74) is 1.46. The van der Waals surface area contributed by atoms with E-state index >= 15 is 0 Å². The van der Waals surface area contributed by atoms with E-state index in [4.69, 9.17) is 0 Å². The molecule has 0 aliphatic rings. The normalized spacial score (nSPS) is 10.8. The van der Waals surface area contributed by atoms with Gasteiger partial charge in [-0.3, -0.25) is 14.5 Å². The van der Waals surface area contributed by atoms with Crippen molar-refractivity contribution in [1.82, 2.24) is 14.8 Å². The van der Waals surface area contributed by atoms with Crippen LogP contribution in [0.25, 0.3) is 11.3 Å². The third kappa shape index (κ3) is 5.89. The van der Waals surface area contributed by atoms with Crippen LogP contribution in [0, 0.1) is 5.82 Å². The summed E-state index contributed by atoms with van der Waals surface area (Å²) in [4.78, 5) is 31.8. The molecule has 0 radical (unpaired) electrons. The Morgan fingerprint density at radius 3 is 2.50 bits per heavy atom. The predicted molar refractivity (Wildman–Crippen MR) is 102 cm³/mol. The molecule has 1 aromatic carbocycles. The second kappa shape index (κ2) is 9.40. The van der Waals surface area contributed by atoms with E-state index in [-0.39, 0.29) is 30.7 Å². The lowest BCUT2D eigenvalue weighted by Crippen LogP contribution is -2.41. The first-order chi connectivity index (χ1) is 12.4. The average Bonchev–Trinajstić information content (AvgIpc) is 3.03. The van der Waals surface area contributed by atoms with Crippen LogP contribution in [0.5, 0.6) is 0 Å². The van der Waals surface area contributed by atoms with Gasteiger partial charge >= 0.3 is 0 Å². The van der Waals surface area contributed by atoms with Gasteiger partial charge in [-0.1, -0.05) is 6.92 Å². The first-order valence-electron chi connectivity index (χ1n) is 8.33. The molecular formula is C18H23FN4O2S. The van der Waals surface area contributed by atoms with E-state index in [0.29, 0.717) is 17.4 Å². The molecule has 0 fully saturated rings. The van der Waals surface area contributed by atoms with Crippen LogP contribution in [-0.4, -0.2) is 60.3 Å². The number of likely N-dealkylation sites (N-methyl/N-ethyl adjacent to an activating group) is 1. The minimum Gasteiger partial charge on any atom is -0.348 e. The lowest BCUT2D eigenvalue weighted by molar-refractivity contribution is -0.130. The molecule has 26 heavy (non-hydrogen) atoms. The molecule has 0 unspecified atom stereocenters. The molecule has 0 atom stereocenters. The van der Waals surface area contributed by atoms with Gasteiger partial charge in [-0.2, -0.15) is 0 Å². The molecule has 2 rings (SSSR count). The Kier molecular flexibility index (Phi) is 7.23. The maximum absolute atomic E-state index is 13.0. The van der Waals surface area contributed by atoms with Crippen LogP contribution in [0.3, 0.4) is 0 Å². The second-order valence-electron chi connectivity index (χ2n) is 6.09. The molecule has 0 saturated carbocycles. The Hall–Kier alpha value is -2.32. The molecule has 2 amide bonds. The van der Waals surface area contributed by atoms with Crippen molar-refractivity contribution in [3.63, 3.8) is 0 Å². The molecule has 6 nitrogen and oxygen atoms in total. The van der Waals surface area contributed by atoms with Crippen molar-refractivity contribution in [3.8, 4) is 11.3 Å². The number of nitrogens with one attached hydrogen (secondary N) is 1. The quantitative estimate of drug-likeness (QED) is 0.767. The average molecular weight is 378 g/mol. The van der Waals surface area contributed by atoms with E-state index in [1.807, 2.05) is 17.2 Å². The molecule has 2 aromatic rings. The minimum absolute atomic E-state index is 0.0425. The van der Waals surface area contributed by atoms with Gasteiger partial charge in [-0.05, 0) is 37.2 Å². The molecule has 0 aliphatic carbocycles. The number of carbonyl (C=O) groups excluding carboxylic acids is 2. The monoisotopic (exact) mass is 378 g/mol. The van der Waals surface area contributed by atoms with Gasteiger partial charge in [0, 0.05) is 25.0 Å². The maximum Gasteiger partial charge on any atom is 0.240 e. The van der Waals surface area contributed by atoms with Crippen LogP contribution >= 0.6 is 11.3 Å². The third-order valence-corrected chi connectivity index (χ3v) is 4.41. The van der Waals surface area contributed by atoms with Crippen LogP contribution in [0.2, 0.25) is 0 Å². The molecule has 1 N–H and O–H groups in total. The highest BCUT2D eigenvalue weighted by molar-refractivity contribution is 7.14.